The number of carbonyl (C=O) groups is 1. The highest BCUT2D eigenvalue weighted by molar-refractivity contribution is 5.94. The van der Waals surface area contributed by atoms with E-state index < -0.39 is 0 Å². The van der Waals surface area contributed by atoms with E-state index in [1.807, 2.05) is 42.2 Å². The molecule has 4 nitrogen and oxygen atoms in total. The van der Waals surface area contributed by atoms with E-state index >= 15 is 0 Å². The van der Waals surface area contributed by atoms with Crippen LogP contribution in [0.3, 0.4) is 0 Å². The first-order valence-electron chi connectivity index (χ1n) is 7.54. The summed E-state index contributed by atoms with van der Waals surface area (Å²) in [7, 11) is 1.67. The van der Waals surface area contributed by atoms with Crippen LogP contribution in [0.25, 0.3) is 0 Å². The van der Waals surface area contributed by atoms with Gasteiger partial charge >= 0.3 is 0 Å². The summed E-state index contributed by atoms with van der Waals surface area (Å²) in [5.41, 5.74) is 1.36. The van der Waals surface area contributed by atoms with Gasteiger partial charge in [-0.25, -0.2) is 0 Å². The summed E-state index contributed by atoms with van der Waals surface area (Å²) in [4.78, 5) is 26.4. The number of aryl methyl sites for hydroxylation is 1. The quantitative estimate of drug-likeness (QED) is 0.852. The van der Waals surface area contributed by atoms with Crippen molar-refractivity contribution in [3.8, 4) is 0 Å². The molecule has 1 heterocycles. The van der Waals surface area contributed by atoms with E-state index in [0.29, 0.717) is 12.1 Å². The van der Waals surface area contributed by atoms with Crippen LogP contribution in [0, 0.1) is 0 Å². The molecule has 0 saturated carbocycles. The number of aromatic nitrogens is 1. The molecule has 0 aliphatic rings. The van der Waals surface area contributed by atoms with Crippen LogP contribution in [0.4, 0.5) is 0 Å². The lowest BCUT2D eigenvalue weighted by molar-refractivity contribution is 0.0671. The average molecular weight is 298 g/mol. The standard InChI is InChI=1S/C18H22N2O2/c1-4-14(2)20(13-15-8-6-5-7-9-15)18(22)16-10-11-19(3)17(21)12-16/h5-12,14H,4,13H2,1-3H3. The van der Waals surface area contributed by atoms with E-state index in [4.69, 9.17) is 0 Å². The minimum Gasteiger partial charge on any atom is -0.332 e. The fraction of sp³-hybridized carbons (Fsp3) is 0.333. The van der Waals surface area contributed by atoms with Crippen LogP contribution in [0.2, 0.25) is 0 Å². The Morgan fingerprint density at radius 2 is 1.91 bits per heavy atom. The second-order valence-corrected chi connectivity index (χ2v) is 5.54. The van der Waals surface area contributed by atoms with Gasteiger partial charge in [-0.15, -0.1) is 0 Å². The summed E-state index contributed by atoms with van der Waals surface area (Å²) in [6.45, 7) is 4.63. The van der Waals surface area contributed by atoms with Gasteiger partial charge in [0, 0.05) is 37.5 Å². The fourth-order valence-electron chi connectivity index (χ4n) is 2.28. The summed E-state index contributed by atoms with van der Waals surface area (Å²) >= 11 is 0. The Labute approximate surface area is 131 Å². The third-order valence-electron chi connectivity index (χ3n) is 3.93. The van der Waals surface area contributed by atoms with Gasteiger partial charge in [-0.3, -0.25) is 9.59 Å². The Morgan fingerprint density at radius 1 is 1.23 bits per heavy atom. The summed E-state index contributed by atoms with van der Waals surface area (Å²) in [6, 6.07) is 13.1. The third kappa shape index (κ3) is 3.64. The van der Waals surface area contributed by atoms with Crippen molar-refractivity contribution < 1.29 is 4.79 Å². The van der Waals surface area contributed by atoms with Crippen molar-refractivity contribution in [2.24, 2.45) is 7.05 Å². The van der Waals surface area contributed by atoms with Crippen LogP contribution in [-0.2, 0) is 13.6 Å². The SMILES string of the molecule is CCC(C)N(Cc1ccccc1)C(=O)c1ccn(C)c(=O)c1. The van der Waals surface area contributed by atoms with Gasteiger partial charge < -0.3 is 9.47 Å². The highest BCUT2D eigenvalue weighted by atomic mass is 16.2. The number of hydrogen-bond donors (Lipinski definition) is 0. The Balaban J connectivity index is 2.30. The predicted molar refractivity (Wildman–Crippen MR) is 87.8 cm³/mol. The molecule has 1 unspecified atom stereocenters. The van der Waals surface area contributed by atoms with E-state index in [1.54, 1.807) is 19.3 Å². The minimum absolute atomic E-state index is 0.101. The minimum atomic E-state index is -0.172. The van der Waals surface area contributed by atoms with Crippen molar-refractivity contribution in [3.05, 3.63) is 70.1 Å². The lowest BCUT2D eigenvalue weighted by Gasteiger charge is -2.29. The zero-order chi connectivity index (χ0) is 16.1. The van der Waals surface area contributed by atoms with E-state index in [0.717, 1.165) is 12.0 Å². The second kappa shape index (κ2) is 7.07. The molecule has 0 aliphatic heterocycles. The molecule has 0 spiro atoms. The first kappa shape index (κ1) is 16.0. The van der Waals surface area contributed by atoms with Crippen molar-refractivity contribution in [2.75, 3.05) is 0 Å². The number of carbonyl (C=O) groups excluding carboxylic acids is 1. The van der Waals surface area contributed by atoms with Crippen LogP contribution in [0.1, 0.15) is 36.2 Å². The number of rotatable bonds is 5. The van der Waals surface area contributed by atoms with Gasteiger partial charge in [-0.2, -0.15) is 0 Å². The maximum atomic E-state index is 12.8. The molecule has 1 atom stereocenters. The summed E-state index contributed by atoms with van der Waals surface area (Å²) in [5, 5.41) is 0. The highest BCUT2D eigenvalue weighted by Gasteiger charge is 2.21. The third-order valence-corrected chi connectivity index (χ3v) is 3.93. The molecule has 0 bridgehead atoms. The number of amides is 1. The van der Waals surface area contributed by atoms with Crippen LogP contribution < -0.4 is 5.56 Å². The normalized spacial score (nSPS) is 12.0. The van der Waals surface area contributed by atoms with Crippen LogP contribution in [0.5, 0.6) is 0 Å². The molecule has 0 saturated heterocycles. The van der Waals surface area contributed by atoms with Gasteiger partial charge in [0.15, 0.2) is 0 Å². The first-order valence-corrected chi connectivity index (χ1v) is 7.54. The maximum Gasteiger partial charge on any atom is 0.254 e. The number of pyridine rings is 1. The zero-order valence-electron chi connectivity index (χ0n) is 13.3. The molecule has 1 aromatic heterocycles. The Morgan fingerprint density at radius 3 is 2.50 bits per heavy atom. The molecule has 0 radical (unpaired) electrons. The van der Waals surface area contributed by atoms with E-state index in [2.05, 4.69) is 6.92 Å². The van der Waals surface area contributed by atoms with Gasteiger partial charge in [0.1, 0.15) is 0 Å². The van der Waals surface area contributed by atoms with Crippen molar-refractivity contribution in [1.29, 1.82) is 0 Å². The number of hydrogen-bond acceptors (Lipinski definition) is 2. The van der Waals surface area contributed by atoms with Gasteiger partial charge in [-0.05, 0) is 25.0 Å². The lowest BCUT2D eigenvalue weighted by atomic mass is 10.1. The molecule has 116 valence electrons. The first-order chi connectivity index (χ1) is 10.5. The monoisotopic (exact) mass is 298 g/mol. The Kier molecular flexibility index (Phi) is 5.15. The van der Waals surface area contributed by atoms with Gasteiger partial charge in [-0.1, -0.05) is 37.3 Å². The van der Waals surface area contributed by atoms with Gasteiger partial charge in [0.2, 0.25) is 0 Å². The smallest absolute Gasteiger partial charge is 0.254 e. The van der Waals surface area contributed by atoms with Crippen LogP contribution >= 0.6 is 0 Å². The second-order valence-electron chi connectivity index (χ2n) is 5.54. The molecule has 4 heteroatoms. The molecule has 0 aliphatic carbocycles. The average Bonchev–Trinajstić information content (AvgIpc) is 2.55. The maximum absolute atomic E-state index is 12.8. The molecule has 0 N–H and O–H groups in total. The highest BCUT2D eigenvalue weighted by Crippen LogP contribution is 2.14. The molecule has 2 rings (SSSR count). The molecule has 1 amide bonds. The largest absolute Gasteiger partial charge is 0.332 e. The fourth-order valence-corrected chi connectivity index (χ4v) is 2.28. The Hall–Kier alpha value is -2.36. The van der Waals surface area contributed by atoms with Crippen LogP contribution in [-0.4, -0.2) is 21.4 Å². The van der Waals surface area contributed by atoms with Crippen LogP contribution in [0.15, 0.2) is 53.5 Å². The van der Waals surface area contributed by atoms with E-state index in [9.17, 15) is 9.59 Å². The van der Waals surface area contributed by atoms with Crippen molar-refractivity contribution >= 4 is 5.91 Å². The van der Waals surface area contributed by atoms with Gasteiger partial charge in [0.05, 0.1) is 0 Å². The summed E-state index contributed by atoms with van der Waals surface area (Å²) < 4.78 is 1.46. The summed E-state index contributed by atoms with van der Waals surface area (Å²) in [5.74, 6) is -0.101. The number of benzene rings is 1. The molecule has 1 aromatic carbocycles. The molecular weight excluding hydrogens is 276 g/mol. The van der Waals surface area contributed by atoms with E-state index in [-0.39, 0.29) is 17.5 Å². The molecule has 22 heavy (non-hydrogen) atoms. The zero-order valence-corrected chi connectivity index (χ0v) is 13.3. The van der Waals surface area contributed by atoms with Crippen molar-refractivity contribution in [2.45, 2.75) is 32.9 Å². The van der Waals surface area contributed by atoms with E-state index in [1.165, 1.54) is 10.6 Å². The number of nitrogens with zero attached hydrogens (tertiary/aromatic N) is 2. The predicted octanol–water partition coefficient (Wildman–Crippen LogP) is 2.83. The molecule has 2 aromatic rings. The molecule has 0 fully saturated rings. The van der Waals surface area contributed by atoms with Crippen molar-refractivity contribution in [1.82, 2.24) is 9.47 Å². The summed E-state index contributed by atoms with van der Waals surface area (Å²) in [6.07, 6.45) is 2.50. The van der Waals surface area contributed by atoms with Gasteiger partial charge in [0.25, 0.3) is 11.5 Å². The lowest BCUT2D eigenvalue weighted by Crippen LogP contribution is -2.38. The van der Waals surface area contributed by atoms with Crippen molar-refractivity contribution in [3.63, 3.8) is 0 Å². The topological polar surface area (TPSA) is 42.3 Å². The Bertz CT molecular complexity index is 692. The molecular formula is C18H22N2O2.